The van der Waals surface area contributed by atoms with Crippen LogP contribution in [0.1, 0.15) is 32.1 Å². The van der Waals surface area contributed by atoms with Gasteiger partial charge in [0.2, 0.25) is 0 Å². The van der Waals surface area contributed by atoms with E-state index in [-0.39, 0.29) is 18.5 Å². The van der Waals surface area contributed by atoms with Crippen molar-refractivity contribution in [2.75, 3.05) is 0 Å². The van der Waals surface area contributed by atoms with Gasteiger partial charge in [-0.05, 0) is 25.7 Å². The molecule has 0 aromatic carbocycles. The van der Waals surface area contributed by atoms with Crippen LogP contribution in [0.5, 0.6) is 0 Å². The molecular weight excluding hydrogens is 168 g/mol. The minimum Gasteiger partial charge on any atom is -0.450 e. The molecule has 1 aliphatic rings. The first-order valence-electron chi connectivity index (χ1n) is 3.68. The molecule has 1 rings (SSSR count). The largest absolute Gasteiger partial charge is 0.506 e. The summed E-state index contributed by atoms with van der Waals surface area (Å²) in [7, 11) is 0. The molecule has 0 amide bonds. The first-order valence-corrected chi connectivity index (χ1v) is 3.68. The Morgan fingerprint density at radius 3 is 2.27 bits per heavy atom. The summed E-state index contributed by atoms with van der Waals surface area (Å²) in [6, 6.07) is 0. The summed E-state index contributed by atoms with van der Waals surface area (Å²) in [6.45, 7) is 0. The molecule has 0 aliphatic heterocycles. The van der Waals surface area contributed by atoms with Crippen LogP contribution in [0.2, 0.25) is 0 Å². The zero-order valence-electron chi connectivity index (χ0n) is 6.28. The van der Waals surface area contributed by atoms with Crippen molar-refractivity contribution in [3.8, 4) is 0 Å². The zero-order valence-corrected chi connectivity index (χ0v) is 7.10. The SMILES string of the molecule is Cl.O=C(O)OC1CCCCC1. The van der Waals surface area contributed by atoms with Crippen LogP contribution in [0.3, 0.4) is 0 Å². The second kappa shape index (κ2) is 5.24. The van der Waals surface area contributed by atoms with Gasteiger partial charge in [0, 0.05) is 0 Å². The molecule has 1 saturated carbocycles. The van der Waals surface area contributed by atoms with Gasteiger partial charge in [-0.15, -0.1) is 12.4 Å². The third kappa shape index (κ3) is 4.09. The summed E-state index contributed by atoms with van der Waals surface area (Å²) in [5, 5.41) is 8.24. The van der Waals surface area contributed by atoms with E-state index >= 15 is 0 Å². The highest BCUT2D eigenvalue weighted by Crippen LogP contribution is 2.19. The molecule has 0 saturated heterocycles. The van der Waals surface area contributed by atoms with E-state index in [0.29, 0.717) is 0 Å². The predicted octanol–water partition coefficient (Wildman–Crippen LogP) is 2.44. The molecule has 0 radical (unpaired) electrons. The summed E-state index contributed by atoms with van der Waals surface area (Å²) >= 11 is 0. The number of rotatable bonds is 1. The predicted molar refractivity (Wildman–Crippen MR) is 43.2 cm³/mol. The maximum absolute atomic E-state index is 10.0. The second-order valence-corrected chi connectivity index (χ2v) is 2.64. The van der Waals surface area contributed by atoms with Crippen molar-refractivity contribution in [1.82, 2.24) is 0 Å². The number of carboxylic acid groups (broad SMARTS) is 1. The van der Waals surface area contributed by atoms with E-state index in [9.17, 15) is 4.79 Å². The average molecular weight is 181 g/mol. The Bertz CT molecular complexity index is 121. The Morgan fingerprint density at radius 1 is 1.27 bits per heavy atom. The quantitative estimate of drug-likeness (QED) is 0.631. The van der Waals surface area contributed by atoms with Crippen LogP contribution in [0.15, 0.2) is 0 Å². The zero-order chi connectivity index (χ0) is 7.40. The van der Waals surface area contributed by atoms with E-state index in [4.69, 9.17) is 5.11 Å². The fourth-order valence-corrected chi connectivity index (χ4v) is 1.33. The number of carbonyl (C=O) groups is 1. The van der Waals surface area contributed by atoms with E-state index < -0.39 is 6.16 Å². The highest BCUT2D eigenvalue weighted by molar-refractivity contribution is 5.85. The Morgan fingerprint density at radius 2 is 1.82 bits per heavy atom. The lowest BCUT2D eigenvalue weighted by molar-refractivity contribution is 0.0358. The maximum atomic E-state index is 10.0. The summed E-state index contributed by atoms with van der Waals surface area (Å²) in [6.07, 6.45) is 4.10. The fourth-order valence-electron chi connectivity index (χ4n) is 1.33. The van der Waals surface area contributed by atoms with Crippen molar-refractivity contribution >= 4 is 18.6 Å². The molecule has 0 bridgehead atoms. The number of halogens is 1. The van der Waals surface area contributed by atoms with Gasteiger partial charge in [0.25, 0.3) is 0 Å². The van der Waals surface area contributed by atoms with Crippen LogP contribution in [-0.4, -0.2) is 17.4 Å². The summed E-state index contributed by atoms with van der Waals surface area (Å²) in [4.78, 5) is 10.0. The molecule has 4 heteroatoms. The number of ether oxygens (including phenoxy) is 1. The van der Waals surface area contributed by atoms with Gasteiger partial charge in [-0.2, -0.15) is 0 Å². The van der Waals surface area contributed by atoms with Gasteiger partial charge in [0.15, 0.2) is 0 Å². The van der Waals surface area contributed by atoms with E-state index in [1.807, 2.05) is 0 Å². The van der Waals surface area contributed by atoms with Crippen LogP contribution in [0.4, 0.5) is 4.79 Å². The normalized spacial score (nSPS) is 18.5. The monoisotopic (exact) mass is 180 g/mol. The number of hydrogen-bond acceptors (Lipinski definition) is 2. The third-order valence-corrected chi connectivity index (χ3v) is 1.82. The molecule has 0 atom stereocenters. The van der Waals surface area contributed by atoms with Crippen molar-refractivity contribution in [2.45, 2.75) is 38.2 Å². The van der Waals surface area contributed by atoms with Crippen LogP contribution in [0, 0.1) is 0 Å². The van der Waals surface area contributed by atoms with Crippen molar-refractivity contribution < 1.29 is 14.6 Å². The molecule has 0 heterocycles. The maximum Gasteiger partial charge on any atom is 0.506 e. The Kier molecular flexibility index (Phi) is 5.03. The van der Waals surface area contributed by atoms with Gasteiger partial charge < -0.3 is 9.84 Å². The fraction of sp³-hybridized carbons (Fsp3) is 0.857. The van der Waals surface area contributed by atoms with Gasteiger partial charge in [0.1, 0.15) is 6.10 Å². The first kappa shape index (κ1) is 10.6. The molecule has 0 spiro atoms. The smallest absolute Gasteiger partial charge is 0.450 e. The van der Waals surface area contributed by atoms with Gasteiger partial charge in [-0.1, -0.05) is 6.42 Å². The molecule has 66 valence electrons. The highest BCUT2D eigenvalue weighted by Gasteiger charge is 2.16. The van der Waals surface area contributed by atoms with E-state index in [1.165, 1.54) is 6.42 Å². The van der Waals surface area contributed by atoms with Crippen molar-refractivity contribution in [1.29, 1.82) is 0 Å². The summed E-state index contributed by atoms with van der Waals surface area (Å²) in [5.74, 6) is 0. The molecule has 1 aliphatic carbocycles. The van der Waals surface area contributed by atoms with Crippen molar-refractivity contribution in [3.05, 3.63) is 0 Å². The molecule has 3 nitrogen and oxygen atoms in total. The Labute approximate surface area is 72.1 Å². The van der Waals surface area contributed by atoms with E-state index in [2.05, 4.69) is 4.74 Å². The van der Waals surface area contributed by atoms with Gasteiger partial charge in [0.05, 0.1) is 0 Å². The van der Waals surface area contributed by atoms with Gasteiger partial charge in [-0.3, -0.25) is 0 Å². The lowest BCUT2D eigenvalue weighted by Crippen LogP contribution is -2.19. The van der Waals surface area contributed by atoms with Crippen molar-refractivity contribution in [3.63, 3.8) is 0 Å². The van der Waals surface area contributed by atoms with Gasteiger partial charge >= 0.3 is 6.16 Å². The molecule has 0 unspecified atom stereocenters. The van der Waals surface area contributed by atoms with Crippen LogP contribution < -0.4 is 0 Å². The van der Waals surface area contributed by atoms with E-state index in [1.54, 1.807) is 0 Å². The van der Waals surface area contributed by atoms with Gasteiger partial charge in [-0.25, -0.2) is 4.79 Å². The van der Waals surface area contributed by atoms with Crippen LogP contribution >= 0.6 is 12.4 Å². The topological polar surface area (TPSA) is 46.5 Å². The average Bonchev–Trinajstić information content (AvgIpc) is 1.88. The minimum atomic E-state index is -1.13. The van der Waals surface area contributed by atoms with E-state index in [0.717, 1.165) is 25.7 Å². The second-order valence-electron chi connectivity index (χ2n) is 2.64. The number of hydrogen-bond donors (Lipinski definition) is 1. The first-order chi connectivity index (χ1) is 4.79. The summed E-state index contributed by atoms with van der Waals surface area (Å²) < 4.78 is 4.61. The Hall–Kier alpha value is -0.440. The molecule has 0 aromatic rings. The molecule has 1 N–H and O–H groups in total. The molecule has 1 fully saturated rings. The minimum absolute atomic E-state index is 0. The standard InChI is InChI=1S/C7H12O3.ClH/c8-7(9)10-6-4-2-1-3-5-6;/h6H,1-5H2,(H,8,9);1H. The molecule has 0 aromatic heterocycles. The third-order valence-electron chi connectivity index (χ3n) is 1.82. The lowest BCUT2D eigenvalue weighted by Gasteiger charge is -2.19. The molecular formula is C7H13ClO3. The van der Waals surface area contributed by atoms with Crippen molar-refractivity contribution in [2.24, 2.45) is 0 Å². The van der Waals surface area contributed by atoms with Crippen LogP contribution in [0.25, 0.3) is 0 Å². The Balaban J connectivity index is 0.000001000. The highest BCUT2D eigenvalue weighted by atomic mass is 35.5. The van der Waals surface area contributed by atoms with Crippen LogP contribution in [-0.2, 0) is 4.74 Å². The molecule has 11 heavy (non-hydrogen) atoms. The summed E-state index contributed by atoms with van der Waals surface area (Å²) in [5.41, 5.74) is 0. The lowest BCUT2D eigenvalue weighted by atomic mass is 9.98.